The Balaban J connectivity index is 2.05. The maximum Gasteiger partial charge on any atom is 0.253 e. The Morgan fingerprint density at radius 1 is 1.11 bits per heavy atom. The standard InChI is InChI=1S/C13H19NO5/c1-18-9-10-19-8-2-3-11(15)6-7-14-12(16)4-5-13(14)17/h4-5H,2-3,6-10H2,1H3. The number of carbonyl (C=O) groups excluding carboxylic acids is 3. The summed E-state index contributed by atoms with van der Waals surface area (Å²) in [7, 11) is 1.60. The molecule has 0 bridgehead atoms. The molecule has 0 aromatic heterocycles. The second-order valence-electron chi connectivity index (χ2n) is 4.16. The molecule has 0 saturated heterocycles. The Labute approximate surface area is 112 Å². The van der Waals surface area contributed by atoms with Gasteiger partial charge in [-0.05, 0) is 6.42 Å². The highest BCUT2D eigenvalue weighted by Crippen LogP contribution is 2.05. The van der Waals surface area contributed by atoms with Gasteiger partial charge in [0, 0.05) is 45.3 Å². The maximum atomic E-state index is 11.6. The molecule has 0 aromatic carbocycles. The monoisotopic (exact) mass is 269 g/mol. The fourth-order valence-corrected chi connectivity index (χ4v) is 1.63. The summed E-state index contributed by atoms with van der Waals surface area (Å²) in [5.41, 5.74) is 0. The zero-order valence-corrected chi connectivity index (χ0v) is 11.1. The predicted octanol–water partition coefficient (Wildman–Crippen LogP) is 0.314. The van der Waals surface area contributed by atoms with E-state index in [0.717, 1.165) is 4.90 Å². The fraction of sp³-hybridized carbons (Fsp3) is 0.615. The maximum absolute atomic E-state index is 11.6. The topological polar surface area (TPSA) is 72.9 Å². The molecule has 0 N–H and O–H groups in total. The molecule has 1 rings (SSSR count). The Morgan fingerprint density at radius 2 is 1.79 bits per heavy atom. The van der Waals surface area contributed by atoms with E-state index in [4.69, 9.17) is 9.47 Å². The van der Waals surface area contributed by atoms with Crippen LogP contribution in [0.25, 0.3) is 0 Å². The highest BCUT2D eigenvalue weighted by Gasteiger charge is 2.23. The van der Waals surface area contributed by atoms with E-state index >= 15 is 0 Å². The van der Waals surface area contributed by atoms with Gasteiger partial charge in [-0.15, -0.1) is 0 Å². The molecule has 0 aromatic rings. The van der Waals surface area contributed by atoms with Crippen LogP contribution in [0.15, 0.2) is 12.2 Å². The smallest absolute Gasteiger partial charge is 0.253 e. The first-order valence-electron chi connectivity index (χ1n) is 6.27. The van der Waals surface area contributed by atoms with Crippen molar-refractivity contribution in [2.24, 2.45) is 0 Å². The van der Waals surface area contributed by atoms with Crippen LogP contribution in [-0.2, 0) is 23.9 Å². The van der Waals surface area contributed by atoms with Crippen molar-refractivity contribution in [3.63, 3.8) is 0 Å². The van der Waals surface area contributed by atoms with Crippen LogP contribution in [0.2, 0.25) is 0 Å². The van der Waals surface area contributed by atoms with Gasteiger partial charge in [0.2, 0.25) is 0 Å². The first-order chi connectivity index (χ1) is 9.15. The summed E-state index contributed by atoms with van der Waals surface area (Å²) in [6, 6.07) is 0. The molecule has 106 valence electrons. The number of carbonyl (C=O) groups is 3. The summed E-state index contributed by atoms with van der Waals surface area (Å²) in [5.74, 6) is -0.663. The highest BCUT2D eigenvalue weighted by molar-refractivity contribution is 6.13. The lowest BCUT2D eigenvalue weighted by molar-refractivity contribution is -0.137. The first-order valence-corrected chi connectivity index (χ1v) is 6.27. The summed E-state index contributed by atoms with van der Waals surface area (Å²) in [4.78, 5) is 35.1. The molecule has 2 amide bonds. The van der Waals surface area contributed by atoms with Gasteiger partial charge in [0.15, 0.2) is 0 Å². The van der Waals surface area contributed by atoms with Crippen LogP contribution in [0.3, 0.4) is 0 Å². The Bertz CT molecular complexity index is 346. The van der Waals surface area contributed by atoms with Gasteiger partial charge in [-0.2, -0.15) is 0 Å². The highest BCUT2D eigenvalue weighted by atomic mass is 16.5. The quantitative estimate of drug-likeness (QED) is 0.421. The SMILES string of the molecule is COCCOCCCC(=O)CCN1C(=O)C=CC1=O. The van der Waals surface area contributed by atoms with Gasteiger partial charge in [0.05, 0.1) is 13.2 Å². The van der Waals surface area contributed by atoms with Crippen molar-refractivity contribution in [2.45, 2.75) is 19.3 Å². The number of methoxy groups -OCH3 is 1. The van der Waals surface area contributed by atoms with E-state index in [2.05, 4.69) is 0 Å². The van der Waals surface area contributed by atoms with Crippen molar-refractivity contribution < 1.29 is 23.9 Å². The third-order valence-electron chi connectivity index (χ3n) is 2.69. The van der Waals surface area contributed by atoms with Crippen LogP contribution in [-0.4, -0.2) is 56.0 Å². The summed E-state index contributed by atoms with van der Waals surface area (Å²) in [6.07, 6.45) is 3.68. The Hall–Kier alpha value is -1.53. The normalized spacial score (nSPS) is 14.5. The van der Waals surface area contributed by atoms with Gasteiger partial charge in [0.25, 0.3) is 11.8 Å². The van der Waals surface area contributed by atoms with Gasteiger partial charge in [-0.1, -0.05) is 0 Å². The van der Waals surface area contributed by atoms with Crippen molar-refractivity contribution in [3.8, 4) is 0 Å². The molecule has 0 saturated carbocycles. The second kappa shape index (κ2) is 8.55. The van der Waals surface area contributed by atoms with Gasteiger partial charge in [-0.25, -0.2) is 0 Å². The molecule has 6 heteroatoms. The van der Waals surface area contributed by atoms with Gasteiger partial charge >= 0.3 is 0 Å². The third kappa shape index (κ3) is 5.76. The summed E-state index contributed by atoms with van der Waals surface area (Å²) in [6.45, 7) is 1.74. The van der Waals surface area contributed by atoms with Crippen molar-refractivity contribution in [1.29, 1.82) is 0 Å². The van der Waals surface area contributed by atoms with E-state index < -0.39 is 0 Å². The number of ketones is 1. The van der Waals surface area contributed by atoms with Gasteiger partial charge < -0.3 is 9.47 Å². The van der Waals surface area contributed by atoms with Crippen LogP contribution in [0.4, 0.5) is 0 Å². The van der Waals surface area contributed by atoms with Crippen molar-refractivity contribution in [1.82, 2.24) is 4.90 Å². The van der Waals surface area contributed by atoms with E-state index in [1.54, 1.807) is 7.11 Å². The number of nitrogens with zero attached hydrogens (tertiary/aromatic N) is 1. The molecular formula is C13H19NO5. The molecule has 6 nitrogen and oxygen atoms in total. The average Bonchev–Trinajstić information content (AvgIpc) is 2.71. The molecule has 19 heavy (non-hydrogen) atoms. The summed E-state index contributed by atoms with van der Waals surface area (Å²) >= 11 is 0. The number of Topliss-reactive ketones (excluding diaryl/α,β-unsaturated/α-hetero) is 1. The number of amides is 2. The molecule has 0 radical (unpaired) electrons. The molecule has 0 spiro atoms. The third-order valence-corrected chi connectivity index (χ3v) is 2.69. The molecule has 0 aliphatic carbocycles. The van der Waals surface area contributed by atoms with Crippen LogP contribution in [0, 0.1) is 0 Å². The summed E-state index contributed by atoms with van der Waals surface area (Å²) in [5, 5.41) is 0. The van der Waals surface area contributed by atoms with E-state index in [1.165, 1.54) is 12.2 Å². The number of rotatable bonds is 10. The minimum absolute atomic E-state index is 0.0304. The van der Waals surface area contributed by atoms with Crippen LogP contribution in [0.1, 0.15) is 19.3 Å². The molecule has 0 atom stereocenters. The average molecular weight is 269 g/mol. The van der Waals surface area contributed by atoms with Crippen molar-refractivity contribution in [3.05, 3.63) is 12.2 Å². The Kier molecular flexibility index (Phi) is 6.99. The van der Waals surface area contributed by atoms with E-state index in [1.807, 2.05) is 0 Å². The minimum Gasteiger partial charge on any atom is -0.382 e. The lowest BCUT2D eigenvalue weighted by Gasteiger charge is -2.12. The molecule has 0 fully saturated rings. The number of imide groups is 1. The van der Waals surface area contributed by atoms with Crippen LogP contribution in [0.5, 0.6) is 0 Å². The van der Waals surface area contributed by atoms with E-state index in [-0.39, 0.29) is 30.6 Å². The van der Waals surface area contributed by atoms with Crippen LogP contribution >= 0.6 is 0 Å². The lowest BCUT2D eigenvalue weighted by Crippen LogP contribution is -2.32. The number of hydrogen-bond acceptors (Lipinski definition) is 5. The zero-order chi connectivity index (χ0) is 14.1. The summed E-state index contributed by atoms with van der Waals surface area (Å²) < 4.78 is 10.0. The van der Waals surface area contributed by atoms with Crippen molar-refractivity contribution >= 4 is 17.6 Å². The lowest BCUT2D eigenvalue weighted by atomic mass is 10.1. The number of ether oxygens (including phenoxy) is 2. The molecule has 1 heterocycles. The zero-order valence-electron chi connectivity index (χ0n) is 11.1. The molecule has 0 unspecified atom stereocenters. The van der Waals surface area contributed by atoms with Gasteiger partial charge in [0.1, 0.15) is 5.78 Å². The molecule has 1 aliphatic heterocycles. The first kappa shape index (κ1) is 15.5. The van der Waals surface area contributed by atoms with E-state index in [9.17, 15) is 14.4 Å². The van der Waals surface area contributed by atoms with Crippen molar-refractivity contribution in [2.75, 3.05) is 33.5 Å². The molecular weight excluding hydrogens is 250 g/mol. The number of hydrogen-bond donors (Lipinski definition) is 0. The van der Waals surface area contributed by atoms with Gasteiger partial charge in [-0.3, -0.25) is 19.3 Å². The molecule has 1 aliphatic rings. The predicted molar refractivity (Wildman–Crippen MR) is 67.4 cm³/mol. The Morgan fingerprint density at radius 3 is 2.42 bits per heavy atom. The van der Waals surface area contributed by atoms with E-state index in [0.29, 0.717) is 32.7 Å². The second-order valence-corrected chi connectivity index (χ2v) is 4.16. The fourth-order valence-electron chi connectivity index (χ4n) is 1.63. The van der Waals surface area contributed by atoms with Crippen LogP contribution < -0.4 is 0 Å². The minimum atomic E-state index is -0.347. The largest absolute Gasteiger partial charge is 0.382 e.